The normalized spacial score (nSPS) is 12.0. The van der Waals surface area contributed by atoms with E-state index < -0.39 is 0 Å². The second kappa shape index (κ2) is 8.45. The number of hydrogen-bond acceptors (Lipinski definition) is 5. The molecule has 5 nitrogen and oxygen atoms in total. The molecule has 0 radical (unpaired) electrons. The molecule has 0 aliphatic carbocycles. The van der Waals surface area contributed by atoms with Gasteiger partial charge in [0, 0.05) is 30.1 Å². The summed E-state index contributed by atoms with van der Waals surface area (Å²) in [5.41, 5.74) is 6.63. The van der Waals surface area contributed by atoms with E-state index in [4.69, 9.17) is 15.2 Å². The molecule has 0 bridgehead atoms. The maximum absolute atomic E-state index is 12.5. The first-order chi connectivity index (χ1) is 11.1. The molecule has 2 rings (SSSR count). The van der Waals surface area contributed by atoms with Crippen molar-refractivity contribution in [3.8, 4) is 11.6 Å². The number of hydrogen-bond donors (Lipinski definition) is 1. The molecule has 0 aliphatic rings. The zero-order valence-electron chi connectivity index (χ0n) is 13.5. The predicted molar refractivity (Wildman–Crippen MR) is 89.5 cm³/mol. The molecule has 1 aromatic carbocycles. The smallest absolute Gasteiger partial charge is 0.213 e. The Morgan fingerprint density at radius 1 is 1.26 bits per heavy atom. The molecule has 0 saturated heterocycles. The highest BCUT2D eigenvalue weighted by molar-refractivity contribution is 5.80. The largest absolute Gasteiger partial charge is 0.489 e. The first kappa shape index (κ1) is 17.2. The van der Waals surface area contributed by atoms with Crippen LogP contribution in [0.2, 0.25) is 0 Å². The van der Waals surface area contributed by atoms with Crippen molar-refractivity contribution < 1.29 is 13.9 Å². The third-order valence-corrected chi connectivity index (χ3v) is 3.26. The summed E-state index contributed by atoms with van der Waals surface area (Å²) in [6, 6.07) is 9.26. The number of rotatable bonds is 8. The van der Waals surface area contributed by atoms with Gasteiger partial charge in [0.25, 0.3) is 0 Å². The SMILES string of the molecule is CN(C)CCOc1ccc2cc(OC/C(=C/F)CN)ccc2n1. The van der Waals surface area contributed by atoms with E-state index in [1.54, 1.807) is 6.07 Å². The number of likely N-dealkylation sites (N-methyl/N-ethyl adjacent to an activating group) is 1. The van der Waals surface area contributed by atoms with Crippen molar-refractivity contribution in [3.63, 3.8) is 0 Å². The van der Waals surface area contributed by atoms with Gasteiger partial charge in [-0.3, -0.25) is 0 Å². The van der Waals surface area contributed by atoms with E-state index in [1.807, 2.05) is 43.3 Å². The Balaban J connectivity index is 2.03. The summed E-state index contributed by atoms with van der Waals surface area (Å²) in [7, 11) is 3.99. The molecule has 124 valence electrons. The Hall–Kier alpha value is -2.18. The monoisotopic (exact) mass is 319 g/mol. The highest BCUT2D eigenvalue weighted by Crippen LogP contribution is 2.22. The number of nitrogens with zero attached hydrogens (tertiary/aromatic N) is 2. The molecule has 0 spiro atoms. The van der Waals surface area contributed by atoms with Crippen molar-refractivity contribution in [2.24, 2.45) is 5.73 Å². The molecule has 2 aromatic rings. The van der Waals surface area contributed by atoms with Crippen molar-refractivity contribution in [3.05, 3.63) is 42.2 Å². The average molecular weight is 319 g/mol. The second-order valence-electron chi connectivity index (χ2n) is 5.42. The molecule has 0 aliphatic heterocycles. The molecule has 0 fully saturated rings. The Labute approximate surface area is 135 Å². The molecule has 0 amide bonds. The van der Waals surface area contributed by atoms with Crippen LogP contribution in [0.25, 0.3) is 10.9 Å². The zero-order chi connectivity index (χ0) is 16.7. The first-order valence-corrected chi connectivity index (χ1v) is 7.41. The van der Waals surface area contributed by atoms with Crippen LogP contribution in [0.4, 0.5) is 4.39 Å². The Morgan fingerprint density at radius 3 is 2.78 bits per heavy atom. The van der Waals surface area contributed by atoms with Gasteiger partial charge < -0.3 is 20.1 Å². The Bertz CT molecular complexity index is 674. The summed E-state index contributed by atoms with van der Waals surface area (Å²) < 4.78 is 23.6. The fourth-order valence-electron chi connectivity index (χ4n) is 1.90. The van der Waals surface area contributed by atoms with Crippen LogP contribution in [0, 0.1) is 0 Å². The third kappa shape index (κ3) is 5.19. The summed E-state index contributed by atoms with van der Waals surface area (Å²) in [5.74, 6) is 1.24. The zero-order valence-corrected chi connectivity index (χ0v) is 13.5. The summed E-state index contributed by atoms with van der Waals surface area (Å²) in [6.07, 6.45) is 0.486. The van der Waals surface area contributed by atoms with E-state index in [2.05, 4.69) is 4.98 Å². The molecule has 2 N–H and O–H groups in total. The molecule has 0 unspecified atom stereocenters. The molecule has 0 atom stereocenters. The van der Waals surface area contributed by atoms with Crippen LogP contribution >= 0.6 is 0 Å². The molecule has 1 aromatic heterocycles. The van der Waals surface area contributed by atoms with Gasteiger partial charge in [-0.1, -0.05) is 0 Å². The van der Waals surface area contributed by atoms with E-state index >= 15 is 0 Å². The van der Waals surface area contributed by atoms with Crippen molar-refractivity contribution in [1.29, 1.82) is 0 Å². The number of benzene rings is 1. The highest BCUT2D eigenvalue weighted by atomic mass is 19.1. The summed E-state index contributed by atoms with van der Waals surface area (Å²) in [6.45, 7) is 1.69. The Morgan fingerprint density at radius 2 is 2.09 bits per heavy atom. The van der Waals surface area contributed by atoms with Crippen LogP contribution in [0.3, 0.4) is 0 Å². The minimum absolute atomic E-state index is 0.137. The maximum atomic E-state index is 12.5. The van der Waals surface area contributed by atoms with Gasteiger partial charge in [0.15, 0.2) is 0 Å². The number of halogens is 1. The Kier molecular flexibility index (Phi) is 6.31. The lowest BCUT2D eigenvalue weighted by atomic mass is 10.2. The molecule has 6 heteroatoms. The van der Waals surface area contributed by atoms with Gasteiger partial charge in [-0.15, -0.1) is 0 Å². The number of aromatic nitrogens is 1. The first-order valence-electron chi connectivity index (χ1n) is 7.41. The lowest BCUT2D eigenvalue weighted by molar-refractivity contribution is 0.254. The predicted octanol–water partition coefficient (Wildman–Crippen LogP) is 2.37. The van der Waals surface area contributed by atoms with E-state index in [0.29, 0.717) is 30.1 Å². The number of nitrogens with two attached hydrogens (primary N) is 1. The van der Waals surface area contributed by atoms with Crippen molar-refractivity contribution >= 4 is 10.9 Å². The van der Waals surface area contributed by atoms with Gasteiger partial charge >= 0.3 is 0 Å². The van der Waals surface area contributed by atoms with Gasteiger partial charge in [0.2, 0.25) is 5.88 Å². The van der Waals surface area contributed by atoms with Crippen molar-refractivity contribution in [1.82, 2.24) is 9.88 Å². The molecule has 23 heavy (non-hydrogen) atoms. The van der Waals surface area contributed by atoms with Gasteiger partial charge in [0.05, 0.1) is 11.8 Å². The van der Waals surface area contributed by atoms with Crippen LogP contribution in [0.5, 0.6) is 11.6 Å². The van der Waals surface area contributed by atoms with Crippen LogP contribution in [0.1, 0.15) is 0 Å². The van der Waals surface area contributed by atoms with Crippen molar-refractivity contribution in [2.45, 2.75) is 0 Å². The van der Waals surface area contributed by atoms with Crippen LogP contribution in [0.15, 0.2) is 42.2 Å². The number of fused-ring (bicyclic) bond motifs is 1. The standard InChI is InChI=1S/C17H22FN3O2/c1-21(2)7-8-22-17-6-3-14-9-15(4-5-16(14)20-17)23-12-13(10-18)11-19/h3-6,9-10H,7-8,11-12,19H2,1-2H3/b13-10+. The molecular weight excluding hydrogens is 297 g/mol. The van der Waals surface area contributed by atoms with E-state index in [1.165, 1.54) is 0 Å². The minimum Gasteiger partial charge on any atom is -0.489 e. The quantitative estimate of drug-likeness (QED) is 0.809. The van der Waals surface area contributed by atoms with E-state index in [-0.39, 0.29) is 13.2 Å². The molecular formula is C17H22FN3O2. The highest BCUT2D eigenvalue weighted by Gasteiger charge is 2.03. The molecule has 1 heterocycles. The minimum atomic E-state index is 0.137. The molecule has 0 saturated carbocycles. The fraction of sp³-hybridized carbons (Fsp3) is 0.353. The summed E-state index contributed by atoms with van der Waals surface area (Å²) >= 11 is 0. The van der Waals surface area contributed by atoms with E-state index in [9.17, 15) is 4.39 Å². The number of ether oxygens (including phenoxy) is 2. The fourth-order valence-corrected chi connectivity index (χ4v) is 1.90. The second-order valence-corrected chi connectivity index (χ2v) is 5.42. The number of pyridine rings is 1. The van der Waals surface area contributed by atoms with Gasteiger partial charge in [-0.05, 0) is 38.4 Å². The van der Waals surface area contributed by atoms with Gasteiger partial charge in [0.1, 0.15) is 19.0 Å². The lowest BCUT2D eigenvalue weighted by Gasteiger charge is -2.11. The summed E-state index contributed by atoms with van der Waals surface area (Å²) in [4.78, 5) is 6.50. The summed E-state index contributed by atoms with van der Waals surface area (Å²) in [5, 5.41) is 0.931. The van der Waals surface area contributed by atoms with Crippen LogP contribution in [-0.4, -0.2) is 50.3 Å². The van der Waals surface area contributed by atoms with Gasteiger partial charge in [-0.2, -0.15) is 0 Å². The maximum Gasteiger partial charge on any atom is 0.213 e. The van der Waals surface area contributed by atoms with Crippen molar-refractivity contribution in [2.75, 3.05) is 40.4 Å². The topological polar surface area (TPSA) is 60.6 Å². The third-order valence-electron chi connectivity index (χ3n) is 3.26. The van der Waals surface area contributed by atoms with E-state index in [0.717, 1.165) is 17.4 Å². The van der Waals surface area contributed by atoms with Crippen LogP contribution in [-0.2, 0) is 0 Å². The van der Waals surface area contributed by atoms with Gasteiger partial charge in [-0.25, -0.2) is 9.37 Å². The lowest BCUT2D eigenvalue weighted by Crippen LogP contribution is -2.19. The van der Waals surface area contributed by atoms with Crippen LogP contribution < -0.4 is 15.2 Å². The average Bonchev–Trinajstić information content (AvgIpc) is 2.55.